The molecule has 3 amide bonds. The van der Waals surface area contributed by atoms with Gasteiger partial charge in [-0.25, -0.2) is 0 Å². The molecule has 2 atom stereocenters. The SMILES string of the molecule is CCOC(=O)C[C@H]1CCCCN1C(=O)C[C@]1(c2ccccc2)CC(=O)N(CCc2ccccn2)C1=O. The van der Waals surface area contributed by atoms with E-state index in [0.29, 0.717) is 31.6 Å². The molecule has 1 aromatic carbocycles. The first-order chi connectivity index (χ1) is 17.4. The molecule has 4 rings (SSSR count). The molecule has 0 saturated carbocycles. The highest BCUT2D eigenvalue weighted by Crippen LogP contribution is 2.41. The van der Waals surface area contributed by atoms with Gasteiger partial charge in [-0.15, -0.1) is 0 Å². The van der Waals surface area contributed by atoms with Crippen LogP contribution >= 0.6 is 0 Å². The fraction of sp³-hybridized carbons (Fsp3) is 0.464. The Morgan fingerprint density at radius 2 is 1.86 bits per heavy atom. The van der Waals surface area contributed by atoms with Gasteiger partial charge in [0.2, 0.25) is 17.7 Å². The number of piperidine rings is 1. The third-order valence-electron chi connectivity index (χ3n) is 7.16. The van der Waals surface area contributed by atoms with Crippen molar-refractivity contribution in [2.75, 3.05) is 19.7 Å². The van der Waals surface area contributed by atoms with E-state index in [1.54, 1.807) is 18.0 Å². The van der Waals surface area contributed by atoms with Crippen LogP contribution in [0.15, 0.2) is 54.7 Å². The van der Waals surface area contributed by atoms with Crippen molar-refractivity contribution in [2.45, 2.75) is 63.3 Å². The number of rotatable bonds is 9. The minimum atomic E-state index is -1.26. The fourth-order valence-corrected chi connectivity index (χ4v) is 5.34. The van der Waals surface area contributed by atoms with Crippen molar-refractivity contribution in [3.63, 3.8) is 0 Å². The van der Waals surface area contributed by atoms with Gasteiger partial charge in [0, 0.05) is 50.3 Å². The minimum absolute atomic E-state index is 0.0554. The van der Waals surface area contributed by atoms with E-state index in [0.717, 1.165) is 18.5 Å². The molecule has 190 valence electrons. The first-order valence-corrected chi connectivity index (χ1v) is 12.7. The van der Waals surface area contributed by atoms with E-state index in [2.05, 4.69) is 4.98 Å². The van der Waals surface area contributed by atoms with Gasteiger partial charge < -0.3 is 9.64 Å². The van der Waals surface area contributed by atoms with Crippen molar-refractivity contribution < 1.29 is 23.9 Å². The maximum absolute atomic E-state index is 13.9. The average molecular weight is 492 g/mol. The van der Waals surface area contributed by atoms with E-state index in [1.807, 2.05) is 48.5 Å². The molecule has 2 aliphatic heterocycles. The maximum Gasteiger partial charge on any atom is 0.307 e. The Hall–Kier alpha value is -3.55. The molecular weight excluding hydrogens is 458 g/mol. The lowest BCUT2D eigenvalue weighted by atomic mass is 9.75. The van der Waals surface area contributed by atoms with Crippen LogP contribution < -0.4 is 0 Å². The van der Waals surface area contributed by atoms with E-state index in [4.69, 9.17) is 4.74 Å². The highest BCUT2D eigenvalue weighted by Gasteiger charge is 2.54. The summed E-state index contributed by atoms with van der Waals surface area (Å²) >= 11 is 0. The number of amides is 3. The molecule has 8 nitrogen and oxygen atoms in total. The Labute approximate surface area is 211 Å². The van der Waals surface area contributed by atoms with Crippen molar-refractivity contribution in [2.24, 2.45) is 0 Å². The van der Waals surface area contributed by atoms with Gasteiger partial charge in [-0.05, 0) is 43.9 Å². The number of hydrogen-bond acceptors (Lipinski definition) is 6. The number of esters is 1. The van der Waals surface area contributed by atoms with E-state index in [9.17, 15) is 19.2 Å². The molecule has 0 bridgehead atoms. The van der Waals surface area contributed by atoms with Gasteiger partial charge in [0.05, 0.1) is 18.4 Å². The third-order valence-corrected chi connectivity index (χ3v) is 7.16. The van der Waals surface area contributed by atoms with Gasteiger partial charge in [-0.2, -0.15) is 0 Å². The number of nitrogens with zero attached hydrogens (tertiary/aromatic N) is 3. The van der Waals surface area contributed by atoms with Crippen LogP contribution in [0.25, 0.3) is 0 Å². The first-order valence-electron chi connectivity index (χ1n) is 12.7. The number of pyridine rings is 1. The Morgan fingerprint density at radius 3 is 2.58 bits per heavy atom. The molecule has 2 saturated heterocycles. The molecule has 2 aromatic rings. The van der Waals surface area contributed by atoms with Crippen LogP contribution in [-0.4, -0.2) is 64.2 Å². The average Bonchev–Trinajstić information content (AvgIpc) is 3.13. The normalized spacial score (nSPS) is 22.1. The Kier molecular flexibility index (Phi) is 8.13. The fourth-order valence-electron chi connectivity index (χ4n) is 5.34. The van der Waals surface area contributed by atoms with Crippen LogP contribution in [0.3, 0.4) is 0 Å². The number of carbonyl (C=O) groups is 4. The monoisotopic (exact) mass is 491 g/mol. The highest BCUT2D eigenvalue weighted by molar-refractivity contribution is 6.10. The maximum atomic E-state index is 13.9. The number of carbonyl (C=O) groups excluding carboxylic acids is 4. The van der Waals surface area contributed by atoms with Gasteiger partial charge in [0.15, 0.2) is 0 Å². The standard InChI is InChI=1S/C28H33N3O5/c1-2-36-26(34)18-23-13-7-9-16-30(23)24(32)19-28(21-10-4-3-5-11-21)20-25(33)31(27(28)35)17-14-22-12-6-8-15-29-22/h3-6,8,10-12,15,23H,2,7,9,13-14,16-20H2,1H3/t23-,28-/m1/s1. The summed E-state index contributed by atoms with van der Waals surface area (Å²) in [7, 11) is 0. The second kappa shape index (κ2) is 11.5. The van der Waals surface area contributed by atoms with Crippen LogP contribution in [-0.2, 0) is 35.8 Å². The lowest BCUT2D eigenvalue weighted by molar-refractivity contribution is -0.148. The second-order valence-electron chi connectivity index (χ2n) is 9.47. The molecule has 0 N–H and O–H groups in total. The summed E-state index contributed by atoms with van der Waals surface area (Å²) in [5.41, 5.74) is 0.198. The summed E-state index contributed by atoms with van der Waals surface area (Å²) in [5.74, 6) is -1.16. The van der Waals surface area contributed by atoms with E-state index < -0.39 is 5.41 Å². The van der Waals surface area contributed by atoms with Gasteiger partial charge in [-0.3, -0.25) is 29.1 Å². The summed E-state index contributed by atoms with van der Waals surface area (Å²) in [5, 5.41) is 0. The second-order valence-corrected chi connectivity index (χ2v) is 9.47. The summed E-state index contributed by atoms with van der Waals surface area (Å²) in [6, 6.07) is 14.4. The molecule has 1 aromatic heterocycles. The zero-order valence-electron chi connectivity index (χ0n) is 20.7. The van der Waals surface area contributed by atoms with E-state index in [1.165, 1.54) is 4.90 Å². The van der Waals surface area contributed by atoms with Crippen LogP contribution in [0.4, 0.5) is 0 Å². The summed E-state index contributed by atoms with van der Waals surface area (Å²) < 4.78 is 5.12. The zero-order valence-corrected chi connectivity index (χ0v) is 20.7. The van der Waals surface area contributed by atoms with E-state index >= 15 is 0 Å². The molecule has 0 radical (unpaired) electrons. The lowest BCUT2D eigenvalue weighted by Gasteiger charge is -2.37. The van der Waals surface area contributed by atoms with Crippen molar-refractivity contribution in [3.8, 4) is 0 Å². The molecule has 0 aliphatic carbocycles. The number of hydrogen-bond donors (Lipinski definition) is 0. The number of likely N-dealkylation sites (tertiary alicyclic amines) is 2. The number of ether oxygens (including phenoxy) is 1. The minimum Gasteiger partial charge on any atom is -0.466 e. The largest absolute Gasteiger partial charge is 0.466 e. The molecule has 36 heavy (non-hydrogen) atoms. The summed E-state index contributed by atoms with van der Waals surface area (Å²) in [6.45, 7) is 2.79. The molecule has 8 heteroatoms. The van der Waals surface area contributed by atoms with Crippen molar-refractivity contribution in [3.05, 3.63) is 66.0 Å². The van der Waals surface area contributed by atoms with Crippen molar-refractivity contribution >= 4 is 23.7 Å². The summed E-state index contributed by atoms with van der Waals surface area (Å²) in [6.07, 6.45) is 4.59. The predicted molar refractivity (Wildman–Crippen MR) is 133 cm³/mol. The smallest absolute Gasteiger partial charge is 0.307 e. The van der Waals surface area contributed by atoms with Gasteiger partial charge in [0.25, 0.3) is 0 Å². The van der Waals surface area contributed by atoms with Gasteiger partial charge >= 0.3 is 5.97 Å². The Balaban J connectivity index is 1.57. The predicted octanol–water partition coefficient (Wildman–Crippen LogP) is 3.05. The molecule has 2 fully saturated rings. The summed E-state index contributed by atoms with van der Waals surface area (Å²) in [4.78, 5) is 60.2. The topological polar surface area (TPSA) is 96.9 Å². The van der Waals surface area contributed by atoms with Gasteiger partial charge in [0.1, 0.15) is 0 Å². The molecule has 3 heterocycles. The lowest BCUT2D eigenvalue weighted by Crippen LogP contribution is -2.49. The highest BCUT2D eigenvalue weighted by atomic mass is 16.5. The van der Waals surface area contributed by atoms with Crippen LogP contribution in [0, 0.1) is 0 Å². The molecular formula is C28H33N3O5. The molecule has 2 aliphatic rings. The number of imide groups is 1. The first kappa shape index (κ1) is 25.5. The zero-order chi connectivity index (χ0) is 25.5. The molecule has 0 spiro atoms. The van der Waals surface area contributed by atoms with Crippen LogP contribution in [0.2, 0.25) is 0 Å². The third kappa shape index (κ3) is 5.48. The van der Waals surface area contributed by atoms with Crippen LogP contribution in [0.1, 0.15) is 56.7 Å². The number of benzene rings is 1. The van der Waals surface area contributed by atoms with Crippen molar-refractivity contribution in [1.82, 2.24) is 14.8 Å². The van der Waals surface area contributed by atoms with Crippen LogP contribution in [0.5, 0.6) is 0 Å². The molecule has 0 unspecified atom stereocenters. The number of aromatic nitrogens is 1. The van der Waals surface area contributed by atoms with Crippen molar-refractivity contribution in [1.29, 1.82) is 0 Å². The van der Waals surface area contributed by atoms with E-state index in [-0.39, 0.29) is 55.5 Å². The Bertz CT molecular complexity index is 1090. The Morgan fingerprint density at radius 1 is 1.08 bits per heavy atom. The van der Waals surface area contributed by atoms with Gasteiger partial charge in [-0.1, -0.05) is 36.4 Å². The quantitative estimate of drug-likeness (QED) is 0.395.